The summed E-state index contributed by atoms with van der Waals surface area (Å²) in [6.45, 7) is 3.33. The van der Waals surface area contributed by atoms with Crippen LogP contribution in [0.1, 0.15) is 34.0 Å². The molecular formula is C25H25ClN4O2. The van der Waals surface area contributed by atoms with Crippen LogP contribution in [0.25, 0.3) is 0 Å². The summed E-state index contributed by atoms with van der Waals surface area (Å²) in [6, 6.07) is 15.9. The molecule has 32 heavy (non-hydrogen) atoms. The second-order valence-electron chi connectivity index (χ2n) is 8.26. The van der Waals surface area contributed by atoms with E-state index in [1.807, 2.05) is 42.5 Å². The number of rotatable bonds is 4. The van der Waals surface area contributed by atoms with Gasteiger partial charge >= 0.3 is 0 Å². The quantitative estimate of drug-likeness (QED) is 0.590. The molecule has 0 unspecified atom stereocenters. The molecule has 2 aromatic carbocycles. The Hall–Kier alpha value is -3.12. The van der Waals surface area contributed by atoms with E-state index in [2.05, 4.69) is 20.9 Å². The number of anilines is 2. The van der Waals surface area contributed by atoms with E-state index in [9.17, 15) is 4.79 Å². The summed E-state index contributed by atoms with van der Waals surface area (Å²) >= 11 is 6.03. The van der Waals surface area contributed by atoms with Crippen LogP contribution < -0.4 is 14.5 Å². The van der Waals surface area contributed by atoms with Gasteiger partial charge in [-0.3, -0.25) is 4.79 Å². The lowest BCUT2D eigenvalue weighted by Gasteiger charge is -2.37. The third-order valence-corrected chi connectivity index (χ3v) is 6.61. The fraction of sp³-hybridized carbons (Fsp3) is 0.320. The van der Waals surface area contributed by atoms with E-state index in [-0.39, 0.29) is 11.7 Å². The first-order valence-electron chi connectivity index (χ1n) is 10.9. The van der Waals surface area contributed by atoms with Gasteiger partial charge in [-0.2, -0.15) is 0 Å². The molecule has 1 aromatic heterocycles. The number of fused-ring (bicyclic) bond motifs is 1. The highest BCUT2D eigenvalue weighted by Gasteiger charge is 2.29. The van der Waals surface area contributed by atoms with Gasteiger partial charge in [0.15, 0.2) is 5.78 Å². The number of ketones is 1. The molecule has 0 amide bonds. The van der Waals surface area contributed by atoms with Crippen LogP contribution in [-0.2, 0) is 6.42 Å². The molecule has 0 saturated carbocycles. The average Bonchev–Trinajstić information content (AvgIpc) is 2.84. The number of nitrogens with zero attached hydrogens (tertiary/aromatic N) is 4. The maximum atomic E-state index is 12.7. The predicted molar refractivity (Wildman–Crippen MR) is 126 cm³/mol. The van der Waals surface area contributed by atoms with Gasteiger partial charge in [-0.05, 0) is 42.2 Å². The van der Waals surface area contributed by atoms with E-state index in [1.54, 1.807) is 13.3 Å². The summed E-state index contributed by atoms with van der Waals surface area (Å²) in [6.07, 6.45) is 2.93. The van der Waals surface area contributed by atoms with Crippen molar-refractivity contribution in [1.29, 1.82) is 0 Å². The normalized spacial score (nSPS) is 18.4. The molecule has 2 heterocycles. The molecule has 0 radical (unpaired) electrons. The molecule has 0 spiro atoms. The Bertz CT molecular complexity index is 1130. The van der Waals surface area contributed by atoms with E-state index in [1.165, 1.54) is 0 Å². The third-order valence-electron chi connectivity index (χ3n) is 6.36. The molecule has 0 bridgehead atoms. The highest BCUT2D eigenvalue weighted by molar-refractivity contribution is 6.30. The summed E-state index contributed by atoms with van der Waals surface area (Å²) in [5, 5.41) is 0.702. The monoisotopic (exact) mass is 448 g/mol. The molecule has 2 aliphatic rings. The Labute approximate surface area is 192 Å². The Morgan fingerprint density at radius 1 is 0.969 bits per heavy atom. The first-order chi connectivity index (χ1) is 15.6. The van der Waals surface area contributed by atoms with Crippen LogP contribution in [0.4, 0.5) is 11.6 Å². The standard InChI is InChI=1S/C25H25ClN4O2/c1-32-24-5-3-2-4-22(24)29-10-12-30(13-11-29)25-27-16-20-21(28-25)14-18(15-23(20)31)17-6-8-19(26)9-7-17/h2-9,16,18H,10-15H2,1H3/t18-/m0/s1. The van der Waals surface area contributed by atoms with Gasteiger partial charge in [0, 0.05) is 43.8 Å². The van der Waals surface area contributed by atoms with E-state index < -0.39 is 0 Å². The predicted octanol–water partition coefficient (Wildman–Crippen LogP) is 4.38. The number of methoxy groups -OCH3 is 1. The maximum Gasteiger partial charge on any atom is 0.225 e. The summed E-state index contributed by atoms with van der Waals surface area (Å²) in [5.74, 6) is 1.82. The first-order valence-corrected chi connectivity index (χ1v) is 11.3. The highest BCUT2D eigenvalue weighted by Crippen LogP contribution is 2.33. The second-order valence-corrected chi connectivity index (χ2v) is 8.69. The Morgan fingerprint density at radius 2 is 1.69 bits per heavy atom. The maximum absolute atomic E-state index is 12.7. The van der Waals surface area contributed by atoms with Crippen LogP contribution in [0.2, 0.25) is 5.02 Å². The Kier molecular flexibility index (Phi) is 5.70. The van der Waals surface area contributed by atoms with Crippen molar-refractivity contribution in [2.75, 3.05) is 43.1 Å². The van der Waals surface area contributed by atoms with Crippen LogP contribution in [0.3, 0.4) is 0 Å². The fourth-order valence-electron chi connectivity index (χ4n) is 4.60. The van der Waals surface area contributed by atoms with Crippen LogP contribution in [0.15, 0.2) is 54.7 Å². The van der Waals surface area contributed by atoms with Crippen molar-refractivity contribution < 1.29 is 9.53 Å². The number of piperazine rings is 1. The van der Waals surface area contributed by atoms with Crippen LogP contribution >= 0.6 is 11.6 Å². The van der Waals surface area contributed by atoms with Crippen molar-refractivity contribution in [3.8, 4) is 5.75 Å². The van der Waals surface area contributed by atoms with Crippen molar-refractivity contribution in [2.45, 2.75) is 18.8 Å². The van der Waals surface area contributed by atoms with Gasteiger partial charge in [-0.25, -0.2) is 9.97 Å². The number of halogens is 1. The molecule has 6 nitrogen and oxygen atoms in total. The lowest BCUT2D eigenvalue weighted by molar-refractivity contribution is 0.0962. The largest absolute Gasteiger partial charge is 0.495 e. The fourth-order valence-corrected chi connectivity index (χ4v) is 4.72. The molecule has 0 N–H and O–H groups in total. The third kappa shape index (κ3) is 4.02. The number of aromatic nitrogens is 2. The number of hydrogen-bond donors (Lipinski definition) is 0. The SMILES string of the molecule is COc1ccccc1N1CCN(c2ncc3c(n2)C[C@H](c2ccc(Cl)cc2)CC3=O)CC1. The molecule has 1 aliphatic heterocycles. The average molecular weight is 449 g/mol. The van der Waals surface area contributed by atoms with Gasteiger partial charge in [-0.1, -0.05) is 35.9 Å². The lowest BCUT2D eigenvalue weighted by Crippen LogP contribution is -2.47. The van der Waals surface area contributed by atoms with E-state index in [4.69, 9.17) is 21.3 Å². The Morgan fingerprint density at radius 3 is 2.44 bits per heavy atom. The van der Waals surface area contributed by atoms with E-state index in [0.717, 1.165) is 55.3 Å². The van der Waals surface area contributed by atoms with Crippen LogP contribution in [0, 0.1) is 0 Å². The minimum atomic E-state index is 0.110. The van der Waals surface area contributed by atoms with Crippen molar-refractivity contribution in [1.82, 2.24) is 9.97 Å². The van der Waals surface area contributed by atoms with Crippen LogP contribution in [-0.4, -0.2) is 49.0 Å². The number of para-hydroxylation sites is 2. The molecule has 5 rings (SSSR count). The first kappa shape index (κ1) is 20.8. The smallest absolute Gasteiger partial charge is 0.225 e. The van der Waals surface area contributed by atoms with Crippen LogP contribution in [0.5, 0.6) is 5.75 Å². The van der Waals surface area contributed by atoms with Crippen molar-refractivity contribution >= 4 is 29.0 Å². The van der Waals surface area contributed by atoms with Gasteiger partial charge in [0.1, 0.15) is 5.75 Å². The lowest BCUT2D eigenvalue weighted by atomic mass is 9.82. The van der Waals surface area contributed by atoms with Crippen molar-refractivity contribution in [3.63, 3.8) is 0 Å². The highest BCUT2D eigenvalue weighted by atomic mass is 35.5. The summed E-state index contributed by atoms with van der Waals surface area (Å²) < 4.78 is 5.52. The van der Waals surface area contributed by atoms with Gasteiger partial charge in [-0.15, -0.1) is 0 Å². The van der Waals surface area contributed by atoms with E-state index >= 15 is 0 Å². The molecule has 1 atom stereocenters. The topological polar surface area (TPSA) is 58.6 Å². The number of hydrogen-bond acceptors (Lipinski definition) is 6. The van der Waals surface area contributed by atoms with Crippen molar-refractivity contribution in [2.24, 2.45) is 0 Å². The number of ether oxygens (including phenoxy) is 1. The molecule has 164 valence electrons. The zero-order valence-electron chi connectivity index (χ0n) is 18.0. The van der Waals surface area contributed by atoms with Gasteiger partial charge in [0.05, 0.1) is 24.1 Å². The molecule has 1 aliphatic carbocycles. The molecule has 3 aromatic rings. The number of carbonyl (C=O) groups is 1. The summed E-state index contributed by atoms with van der Waals surface area (Å²) in [7, 11) is 1.70. The number of benzene rings is 2. The minimum Gasteiger partial charge on any atom is -0.495 e. The second kappa shape index (κ2) is 8.79. The van der Waals surface area contributed by atoms with Gasteiger partial charge in [0.25, 0.3) is 0 Å². The van der Waals surface area contributed by atoms with Gasteiger partial charge in [0.2, 0.25) is 5.95 Å². The molecule has 1 fully saturated rings. The summed E-state index contributed by atoms with van der Waals surface area (Å²) in [4.78, 5) is 26.6. The number of carbonyl (C=O) groups excluding carboxylic acids is 1. The zero-order chi connectivity index (χ0) is 22.1. The zero-order valence-corrected chi connectivity index (χ0v) is 18.8. The molecule has 7 heteroatoms. The molecular weight excluding hydrogens is 424 g/mol. The molecule has 1 saturated heterocycles. The van der Waals surface area contributed by atoms with Gasteiger partial charge < -0.3 is 14.5 Å². The van der Waals surface area contributed by atoms with Crippen molar-refractivity contribution in [3.05, 3.63) is 76.6 Å². The van der Waals surface area contributed by atoms with E-state index in [0.29, 0.717) is 23.0 Å². The summed E-state index contributed by atoms with van der Waals surface area (Å²) in [5.41, 5.74) is 3.74. The minimum absolute atomic E-state index is 0.110. The number of Topliss-reactive ketones (excluding diaryl/α,β-unsaturated/α-hetero) is 1. The Balaban J connectivity index is 1.32.